The van der Waals surface area contributed by atoms with E-state index >= 15 is 0 Å². The largest absolute Gasteiger partial charge is 0.416 e. The smallest absolute Gasteiger partial charge is 0.380 e. The molecule has 0 radical (unpaired) electrons. The molecule has 1 amide bonds. The maximum Gasteiger partial charge on any atom is 0.416 e. The first-order chi connectivity index (χ1) is 16.0. The second-order valence-electron chi connectivity index (χ2n) is 7.33. The van der Waals surface area contributed by atoms with Crippen molar-refractivity contribution >= 4 is 29.4 Å². The van der Waals surface area contributed by atoms with Crippen molar-refractivity contribution in [1.29, 1.82) is 5.41 Å². The fourth-order valence-electron chi connectivity index (χ4n) is 3.16. The third-order valence-corrected chi connectivity index (χ3v) is 5.20. The van der Waals surface area contributed by atoms with Crippen LogP contribution < -0.4 is 5.32 Å². The highest BCUT2D eigenvalue weighted by Crippen LogP contribution is 2.35. The van der Waals surface area contributed by atoms with Crippen LogP contribution in [0.25, 0.3) is 0 Å². The Morgan fingerprint density at radius 2 is 1.91 bits per heavy atom. The minimum Gasteiger partial charge on any atom is -0.380 e. The van der Waals surface area contributed by atoms with Crippen molar-refractivity contribution in [2.45, 2.75) is 46.5 Å². The van der Waals surface area contributed by atoms with Crippen molar-refractivity contribution in [3.05, 3.63) is 63.4 Å². The molecule has 1 saturated heterocycles. The summed E-state index contributed by atoms with van der Waals surface area (Å²) in [7, 11) is 1.66. The third-order valence-electron chi connectivity index (χ3n) is 4.85. The number of halogens is 5. The van der Waals surface area contributed by atoms with E-state index in [4.69, 9.17) is 21.7 Å². The van der Waals surface area contributed by atoms with Gasteiger partial charge in [-0.05, 0) is 43.7 Å². The number of carbonyl (C=O) groups excluding carboxylic acids is 1. The summed E-state index contributed by atoms with van der Waals surface area (Å²) in [4.78, 5) is 11.6. The molecule has 0 unspecified atom stereocenters. The van der Waals surface area contributed by atoms with Crippen LogP contribution in [0.5, 0.6) is 0 Å². The Bertz CT molecular complexity index is 977. The van der Waals surface area contributed by atoms with Gasteiger partial charge in [-0.2, -0.15) is 13.2 Å². The Morgan fingerprint density at radius 3 is 2.41 bits per heavy atom. The van der Waals surface area contributed by atoms with Crippen LogP contribution in [-0.4, -0.2) is 43.3 Å². The molecule has 10 heteroatoms. The molecule has 2 aromatic rings. The molecule has 188 valence electrons. The Balaban J connectivity index is 0.000000483. The summed E-state index contributed by atoms with van der Waals surface area (Å²) in [5, 5.41) is 10.4. The van der Waals surface area contributed by atoms with E-state index in [0.29, 0.717) is 11.7 Å². The average Bonchev–Trinajstić information content (AvgIpc) is 2.72. The average molecular weight is 504 g/mol. The number of amides is 1. The van der Waals surface area contributed by atoms with Crippen LogP contribution in [0.15, 0.2) is 30.3 Å². The maximum atomic E-state index is 14.0. The predicted molar refractivity (Wildman–Crippen MR) is 127 cm³/mol. The second-order valence-corrected chi connectivity index (χ2v) is 7.74. The van der Waals surface area contributed by atoms with Gasteiger partial charge in [0.25, 0.3) is 0 Å². The standard InChI is InChI=1S/C17H15ClF4N2.C5H9NO2.C2H6/c1-9-6-14(19)16(10(2)23)15(7-9)24-8-11-12(17(20,21)22)4-3-5-13(11)18;1-8-5-2-6(3-5)4-7;1-2/h3-7,23-24H,8H2,1-2H3;4-5H,2-3H2,1H3;1-2H3. The molecule has 2 aromatic carbocycles. The van der Waals surface area contributed by atoms with Gasteiger partial charge in [0.15, 0.2) is 0 Å². The van der Waals surface area contributed by atoms with Gasteiger partial charge in [-0.25, -0.2) is 4.39 Å². The number of hydrogen-bond acceptors (Lipinski definition) is 4. The van der Waals surface area contributed by atoms with Gasteiger partial charge < -0.3 is 20.4 Å². The quantitative estimate of drug-likeness (QED) is 0.276. The molecule has 5 nitrogen and oxygen atoms in total. The van der Waals surface area contributed by atoms with Gasteiger partial charge in [0.05, 0.1) is 17.2 Å². The van der Waals surface area contributed by atoms with Gasteiger partial charge in [-0.1, -0.05) is 31.5 Å². The maximum absolute atomic E-state index is 14.0. The van der Waals surface area contributed by atoms with Gasteiger partial charge in [-0.3, -0.25) is 4.79 Å². The monoisotopic (exact) mass is 503 g/mol. The number of likely N-dealkylation sites (tertiary alicyclic amines) is 1. The highest BCUT2D eigenvalue weighted by molar-refractivity contribution is 6.31. The molecule has 0 aliphatic carbocycles. The van der Waals surface area contributed by atoms with Crippen LogP contribution in [0, 0.1) is 18.2 Å². The van der Waals surface area contributed by atoms with Crippen molar-refractivity contribution in [3.8, 4) is 0 Å². The van der Waals surface area contributed by atoms with Crippen molar-refractivity contribution in [1.82, 2.24) is 4.90 Å². The van der Waals surface area contributed by atoms with Crippen LogP contribution in [0.3, 0.4) is 0 Å². The molecule has 1 fully saturated rings. The second kappa shape index (κ2) is 13.3. The molecule has 0 aromatic heterocycles. The molecule has 1 aliphatic heterocycles. The number of hydrogen-bond donors (Lipinski definition) is 2. The number of methoxy groups -OCH3 is 1. The summed E-state index contributed by atoms with van der Waals surface area (Å²) in [6.45, 7) is 8.36. The van der Waals surface area contributed by atoms with Crippen LogP contribution in [0.1, 0.15) is 43.0 Å². The molecule has 3 rings (SSSR count). The number of nitrogens with zero attached hydrogens (tertiary/aromatic N) is 1. The van der Waals surface area contributed by atoms with Gasteiger partial charge >= 0.3 is 6.18 Å². The van der Waals surface area contributed by atoms with E-state index in [1.165, 1.54) is 25.1 Å². The normalized spacial score (nSPS) is 13.1. The first-order valence-corrected chi connectivity index (χ1v) is 11.0. The molecular weight excluding hydrogens is 474 g/mol. The highest BCUT2D eigenvalue weighted by atomic mass is 35.5. The summed E-state index contributed by atoms with van der Waals surface area (Å²) >= 11 is 5.91. The van der Waals surface area contributed by atoms with Gasteiger partial charge in [0.1, 0.15) is 5.82 Å². The third kappa shape index (κ3) is 7.99. The van der Waals surface area contributed by atoms with Crippen molar-refractivity contribution < 1.29 is 27.1 Å². The number of rotatable bonds is 6. The molecule has 2 N–H and O–H groups in total. The molecular formula is C24H30ClF4N3O2. The minimum atomic E-state index is -4.54. The van der Waals surface area contributed by atoms with Gasteiger partial charge in [-0.15, -0.1) is 0 Å². The topological polar surface area (TPSA) is 65.4 Å². The van der Waals surface area contributed by atoms with E-state index in [1.54, 1.807) is 25.0 Å². The number of ether oxygens (including phenoxy) is 1. The predicted octanol–water partition coefficient (Wildman–Crippen LogP) is 6.31. The van der Waals surface area contributed by atoms with Crippen molar-refractivity contribution in [2.24, 2.45) is 0 Å². The van der Waals surface area contributed by atoms with Crippen LogP contribution >= 0.6 is 11.6 Å². The fourth-order valence-corrected chi connectivity index (χ4v) is 3.40. The first kappa shape index (κ1) is 29.4. The first-order valence-electron chi connectivity index (χ1n) is 10.6. The van der Waals surface area contributed by atoms with E-state index in [0.717, 1.165) is 25.6 Å². The van der Waals surface area contributed by atoms with Crippen molar-refractivity contribution in [2.75, 3.05) is 25.5 Å². The molecule has 34 heavy (non-hydrogen) atoms. The molecule has 0 bridgehead atoms. The number of nitrogens with one attached hydrogen (secondary N) is 2. The zero-order chi connectivity index (χ0) is 26.1. The lowest BCUT2D eigenvalue weighted by Crippen LogP contribution is -2.50. The summed E-state index contributed by atoms with van der Waals surface area (Å²) in [6, 6.07) is 6.40. The SMILES string of the molecule is CC.CC(=N)c1c(F)cc(C)cc1NCc1c(Cl)cccc1C(F)(F)F.COC1CN(C=O)C1. The van der Waals surface area contributed by atoms with Gasteiger partial charge in [0.2, 0.25) is 6.41 Å². The summed E-state index contributed by atoms with van der Waals surface area (Å²) in [5.74, 6) is -0.597. The Labute approximate surface area is 202 Å². The van der Waals surface area contributed by atoms with Gasteiger partial charge in [0, 0.05) is 48.7 Å². The lowest BCUT2D eigenvalue weighted by atomic mass is 10.0. The highest BCUT2D eigenvalue weighted by Gasteiger charge is 2.34. The van der Waals surface area contributed by atoms with Crippen LogP contribution in [0.2, 0.25) is 5.02 Å². The van der Waals surface area contributed by atoms with E-state index < -0.39 is 17.6 Å². The van der Waals surface area contributed by atoms with Crippen LogP contribution in [-0.2, 0) is 22.3 Å². The molecule has 1 aliphatic rings. The Kier molecular flexibility index (Phi) is 11.5. The van der Waals surface area contributed by atoms with Crippen LogP contribution in [0.4, 0.5) is 23.2 Å². The Hall–Kier alpha value is -2.65. The zero-order valence-corrected chi connectivity index (χ0v) is 20.6. The fraction of sp³-hybridized carbons (Fsp3) is 0.417. The van der Waals surface area contributed by atoms with E-state index in [1.807, 2.05) is 13.8 Å². The number of benzene rings is 2. The zero-order valence-electron chi connectivity index (χ0n) is 19.8. The molecule has 0 atom stereocenters. The lowest BCUT2D eigenvalue weighted by Gasteiger charge is -2.34. The molecule has 0 saturated carbocycles. The summed E-state index contributed by atoms with van der Waals surface area (Å²) < 4.78 is 58.3. The van der Waals surface area contributed by atoms with E-state index in [2.05, 4.69) is 5.32 Å². The van der Waals surface area contributed by atoms with Crippen molar-refractivity contribution in [3.63, 3.8) is 0 Å². The number of carbonyl (C=O) groups is 1. The summed E-state index contributed by atoms with van der Waals surface area (Å²) in [5.41, 5.74) is -0.111. The molecule has 0 spiro atoms. The number of alkyl halides is 3. The molecule has 1 heterocycles. The summed E-state index contributed by atoms with van der Waals surface area (Å²) in [6.07, 6.45) is -3.41. The lowest BCUT2D eigenvalue weighted by molar-refractivity contribution is -0.138. The van der Waals surface area contributed by atoms with E-state index in [9.17, 15) is 22.4 Å². The Morgan fingerprint density at radius 1 is 1.29 bits per heavy atom. The van der Waals surface area contributed by atoms with E-state index in [-0.39, 0.29) is 34.1 Å². The number of aryl methyl sites for hydroxylation is 1. The number of anilines is 1. The minimum absolute atomic E-state index is 0.0230.